The molecule has 1 saturated heterocycles. The van der Waals surface area contributed by atoms with Gasteiger partial charge in [0.15, 0.2) is 0 Å². The van der Waals surface area contributed by atoms with Gasteiger partial charge in [-0.05, 0) is 46.8 Å². The maximum atomic E-state index is 9.73. The lowest BCUT2D eigenvalue weighted by atomic mass is 10.1. The summed E-state index contributed by atoms with van der Waals surface area (Å²) in [6.07, 6.45) is 2.64. The molecular weight excluding hydrogens is 188 g/mol. The summed E-state index contributed by atoms with van der Waals surface area (Å²) in [5.41, 5.74) is -0.579. The number of nitrogens with zero attached hydrogens (tertiary/aromatic N) is 2. The van der Waals surface area contributed by atoms with Crippen LogP contribution in [-0.4, -0.2) is 59.8 Å². The van der Waals surface area contributed by atoms with Crippen molar-refractivity contribution in [2.24, 2.45) is 0 Å². The fourth-order valence-corrected chi connectivity index (χ4v) is 2.60. The number of hydrogen-bond donors (Lipinski definition) is 1. The molecule has 1 aliphatic rings. The van der Waals surface area contributed by atoms with Crippen LogP contribution in [-0.2, 0) is 0 Å². The molecule has 0 aliphatic carbocycles. The molecule has 0 aromatic carbocycles. The maximum absolute atomic E-state index is 9.73. The normalized spacial score (nSPS) is 24.0. The van der Waals surface area contributed by atoms with Crippen LogP contribution in [0.3, 0.4) is 0 Å². The number of hydrogen-bond acceptors (Lipinski definition) is 3. The van der Waals surface area contributed by atoms with Crippen molar-refractivity contribution < 1.29 is 5.11 Å². The van der Waals surface area contributed by atoms with Gasteiger partial charge in [-0.3, -0.25) is 4.90 Å². The zero-order chi connectivity index (χ0) is 11.5. The highest BCUT2D eigenvalue weighted by Gasteiger charge is 2.25. The molecule has 3 nitrogen and oxygen atoms in total. The zero-order valence-electron chi connectivity index (χ0n) is 10.7. The van der Waals surface area contributed by atoms with Crippen LogP contribution in [0.1, 0.15) is 33.6 Å². The summed E-state index contributed by atoms with van der Waals surface area (Å²) in [6, 6.07) is 0.697. The van der Waals surface area contributed by atoms with E-state index in [9.17, 15) is 5.11 Å². The van der Waals surface area contributed by atoms with Gasteiger partial charge in [0.1, 0.15) is 0 Å². The smallest absolute Gasteiger partial charge is 0.0718 e. The van der Waals surface area contributed by atoms with Crippen LogP contribution in [0.25, 0.3) is 0 Å². The quantitative estimate of drug-likeness (QED) is 0.744. The molecule has 1 atom stereocenters. The Hall–Kier alpha value is -0.120. The first-order chi connectivity index (χ1) is 6.92. The van der Waals surface area contributed by atoms with Gasteiger partial charge < -0.3 is 10.0 Å². The maximum Gasteiger partial charge on any atom is 0.0718 e. The second kappa shape index (κ2) is 5.28. The Kier molecular flexibility index (Phi) is 4.56. The van der Waals surface area contributed by atoms with Gasteiger partial charge in [0.05, 0.1) is 5.60 Å². The molecule has 3 heteroatoms. The summed E-state index contributed by atoms with van der Waals surface area (Å²) in [5, 5.41) is 9.73. The Morgan fingerprint density at radius 2 is 2.13 bits per heavy atom. The summed E-state index contributed by atoms with van der Waals surface area (Å²) in [6.45, 7) is 10.2. The minimum Gasteiger partial charge on any atom is -0.389 e. The van der Waals surface area contributed by atoms with Gasteiger partial charge >= 0.3 is 0 Å². The van der Waals surface area contributed by atoms with Gasteiger partial charge in [-0.15, -0.1) is 0 Å². The molecule has 1 N–H and O–H groups in total. The molecule has 15 heavy (non-hydrogen) atoms. The highest BCUT2D eigenvalue weighted by molar-refractivity contribution is 4.82. The average Bonchev–Trinajstić information content (AvgIpc) is 2.48. The largest absolute Gasteiger partial charge is 0.389 e. The third kappa shape index (κ3) is 4.49. The average molecular weight is 214 g/mol. The Labute approximate surface area is 94.1 Å². The molecular formula is C12H26N2O. The van der Waals surface area contributed by atoms with Gasteiger partial charge in [0.2, 0.25) is 0 Å². The molecule has 0 saturated carbocycles. The third-order valence-corrected chi connectivity index (χ3v) is 3.08. The van der Waals surface area contributed by atoms with Crippen LogP contribution in [0.5, 0.6) is 0 Å². The molecule has 1 rings (SSSR count). The highest BCUT2D eigenvalue weighted by Crippen LogP contribution is 2.17. The van der Waals surface area contributed by atoms with E-state index in [1.54, 1.807) is 0 Å². The number of rotatable bonds is 5. The minimum atomic E-state index is -0.579. The van der Waals surface area contributed by atoms with E-state index in [1.165, 1.54) is 19.4 Å². The van der Waals surface area contributed by atoms with Crippen molar-refractivity contribution in [3.8, 4) is 0 Å². The molecule has 1 aliphatic heterocycles. The second-order valence-electron chi connectivity index (χ2n) is 5.43. The van der Waals surface area contributed by atoms with E-state index >= 15 is 0 Å². The lowest BCUT2D eigenvalue weighted by Crippen LogP contribution is -2.43. The van der Waals surface area contributed by atoms with Crippen LogP contribution < -0.4 is 0 Å². The molecule has 0 aromatic rings. The van der Waals surface area contributed by atoms with Crippen molar-refractivity contribution in [1.29, 1.82) is 0 Å². The summed E-state index contributed by atoms with van der Waals surface area (Å²) in [5.74, 6) is 0. The molecule has 0 bridgehead atoms. The van der Waals surface area contributed by atoms with Gasteiger partial charge in [-0.1, -0.05) is 6.92 Å². The van der Waals surface area contributed by atoms with Crippen molar-refractivity contribution in [1.82, 2.24) is 9.80 Å². The Bertz CT molecular complexity index is 189. The summed E-state index contributed by atoms with van der Waals surface area (Å²) < 4.78 is 0. The molecule has 0 amide bonds. The van der Waals surface area contributed by atoms with E-state index in [0.29, 0.717) is 6.04 Å². The topological polar surface area (TPSA) is 26.7 Å². The molecule has 1 heterocycles. The highest BCUT2D eigenvalue weighted by atomic mass is 16.3. The Balaban J connectivity index is 2.34. The molecule has 90 valence electrons. The lowest BCUT2D eigenvalue weighted by molar-refractivity contribution is 0.0378. The van der Waals surface area contributed by atoms with Gasteiger partial charge in [-0.25, -0.2) is 0 Å². The van der Waals surface area contributed by atoms with Crippen LogP contribution >= 0.6 is 0 Å². The van der Waals surface area contributed by atoms with Crippen molar-refractivity contribution >= 4 is 0 Å². The van der Waals surface area contributed by atoms with E-state index in [4.69, 9.17) is 0 Å². The molecule has 0 radical (unpaired) electrons. The van der Waals surface area contributed by atoms with E-state index in [2.05, 4.69) is 23.8 Å². The van der Waals surface area contributed by atoms with Crippen molar-refractivity contribution in [2.45, 2.75) is 45.3 Å². The fourth-order valence-electron chi connectivity index (χ4n) is 2.60. The van der Waals surface area contributed by atoms with Crippen LogP contribution in [0.2, 0.25) is 0 Å². The van der Waals surface area contributed by atoms with E-state index in [0.717, 1.165) is 19.6 Å². The Morgan fingerprint density at radius 1 is 1.47 bits per heavy atom. The molecule has 1 fully saturated rings. The number of likely N-dealkylation sites (tertiary alicyclic amines) is 1. The van der Waals surface area contributed by atoms with E-state index < -0.39 is 5.60 Å². The van der Waals surface area contributed by atoms with Gasteiger partial charge in [0.25, 0.3) is 0 Å². The van der Waals surface area contributed by atoms with Crippen molar-refractivity contribution in [3.63, 3.8) is 0 Å². The summed E-state index contributed by atoms with van der Waals surface area (Å²) >= 11 is 0. The van der Waals surface area contributed by atoms with Crippen LogP contribution in [0.15, 0.2) is 0 Å². The number of aliphatic hydroxyl groups is 1. The van der Waals surface area contributed by atoms with E-state index in [1.807, 2.05) is 13.8 Å². The van der Waals surface area contributed by atoms with Crippen molar-refractivity contribution in [3.05, 3.63) is 0 Å². The Morgan fingerprint density at radius 3 is 2.67 bits per heavy atom. The molecule has 1 unspecified atom stereocenters. The van der Waals surface area contributed by atoms with Gasteiger partial charge in [-0.2, -0.15) is 0 Å². The predicted octanol–water partition coefficient (Wildman–Crippen LogP) is 1.17. The first-order valence-corrected chi connectivity index (χ1v) is 6.07. The van der Waals surface area contributed by atoms with Crippen LogP contribution in [0.4, 0.5) is 0 Å². The minimum absolute atomic E-state index is 0.579. The second-order valence-corrected chi connectivity index (χ2v) is 5.43. The molecule has 0 spiro atoms. The van der Waals surface area contributed by atoms with Crippen molar-refractivity contribution in [2.75, 3.05) is 33.2 Å². The lowest BCUT2D eigenvalue weighted by Gasteiger charge is -2.31. The summed E-state index contributed by atoms with van der Waals surface area (Å²) in [4.78, 5) is 4.79. The standard InChI is InChI=1S/C12H26N2O/c1-5-14-8-6-7-11(14)9-13(4)10-12(2,3)15/h11,15H,5-10H2,1-4H3. The van der Waals surface area contributed by atoms with Gasteiger partial charge in [0, 0.05) is 19.1 Å². The van der Waals surface area contributed by atoms with Crippen LogP contribution in [0, 0.1) is 0 Å². The first-order valence-electron chi connectivity index (χ1n) is 6.07. The predicted molar refractivity (Wildman–Crippen MR) is 64.1 cm³/mol. The third-order valence-electron chi connectivity index (χ3n) is 3.08. The fraction of sp³-hybridized carbons (Fsp3) is 1.00. The van der Waals surface area contributed by atoms with E-state index in [-0.39, 0.29) is 0 Å². The SMILES string of the molecule is CCN1CCCC1CN(C)CC(C)(C)O. The molecule has 0 aromatic heterocycles. The summed E-state index contributed by atoms with van der Waals surface area (Å²) in [7, 11) is 2.10. The monoisotopic (exact) mass is 214 g/mol. The zero-order valence-corrected chi connectivity index (χ0v) is 10.7. The number of likely N-dealkylation sites (N-methyl/N-ethyl adjacent to an activating group) is 2. The first kappa shape index (κ1) is 12.9.